The zero-order valence-corrected chi connectivity index (χ0v) is 9.69. The van der Waals surface area contributed by atoms with Crippen molar-refractivity contribution in [2.75, 3.05) is 14.2 Å². The lowest BCUT2D eigenvalue weighted by Crippen LogP contribution is -2.03. The van der Waals surface area contributed by atoms with Gasteiger partial charge in [-0.15, -0.1) is 0 Å². The monoisotopic (exact) mass is 231 g/mol. The van der Waals surface area contributed by atoms with Gasteiger partial charge in [-0.25, -0.2) is 0 Å². The minimum atomic E-state index is -0.0954. The number of aromatic amines is 1. The van der Waals surface area contributed by atoms with Crippen molar-refractivity contribution in [3.8, 4) is 11.5 Å². The van der Waals surface area contributed by atoms with Crippen LogP contribution in [-0.2, 0) is 0 Å². The van der Waals surface area contributed by atoms with Crippen LogP contribution in [0.4, 0.5) is 0 Å². The third kappa shape index (κ3) is 2.15. The summed E-state index contributed by atoms with van der Waals surface area (Å²) in [6.45, 7) is 0. The number of hydrogen-bond donors (Lipinski definition) is 1. The van der Waals surface area contributed by atoms with E-state index in [2.05, 4.69) is 4.98 Å². The fraction of sp³-hybridized carbons (Fsp3) is 0.154. The molecule has 0 unspecified atom stereocenters. The van der Waals surface area contributed by atoms with E-state index >= 15 is 0 Å². The van der Waals surface area contributed by atoms with Gasteiger partial charge in [0, 0.05) is 18.0 Å². The molecule has 0 atom stereocenters. The molecule has 2 rings (SSSR count). The van der Waals surface area contributed by atoms with Crippen LogP contribution in [0.15, 0.2) is 36.7 Å². The number of nitrogens with one attached hydrogen (secondary N) is 1. The van der Waals surface area contributed by atoms with Gasteiger partial charge >= 0.3 is 0 Å². The second-order valence-corrected chi connectivity index (χ2v) is 3.50. The summed E-state index contributed by atoms with van der Waals surface area (Å²) in [5.41, 5.74) is 1.09. The Morgan fingerprint density at radius 2 is 2.00 bits per heavy atom. The first-order valence-corrected chi connectivity index (χ1v) is 5.15. The summed E-state index contributed by atoms with van der Waals surface area (Å²) >= 11 is 0. The van der Waals surface area contributed by atoms with Gasteiger partial charge in [0.2, 0.25) is 0 Å². The molecule has 2 aromatic rings. The van der Waals surface area contributed by atoms with E-state index in [-0.39, 0.29) is 5.78 Å². The summed E-state index contributed by atoms with van der Waals surface area (Å²) in [5, 5.41) is 0. The van der Waals surface area contributed by atoms with E-state index in [0.717, 1.165) is 0 Å². The van der Waals surface area contributed by atoms with Crippen LogP contribution in [0, 0.1) is 0 Å². The maximum atomic E-state index is 12.2. The molecule has 17 heavy (non-hydrogen) atoms. The Labute approximate surface area is 99.2 Å². The molecule has 0 aliphatic carbocycles. The minimum absolute atomic E-state index is 0.0954. The van der Waals surface area contributed by atoms with Crippen LogP contribution in [0.25, 0.3) is 0 Å². The van der Waals surface area contributed by atoms with Gasteiger partial charge < -0.3 is 14.5 Å². The fourth-order valence-corrected chi connectivity index (χ4v) is 1.61. The highest BCUT2D eigenvalue weighted by atomic mass is 16.5. The molecule has 1 heterocycles. The average molecular weight is 231 g/mol. The smallest absolute Gasteiger partial charge is 0.198 e. The quantitative estimate of drug-likeness (QED) is 0.821. The Hall–Kier alpha value is -2.23. The number of carbonyl (C=O) groups is 1. The first-order valence-electron chi connectivity index (χ1n) is 5.15. The molecule has 1 aromatic heterocycles. The molecule has 1 aromatic carbocycles. The Morgan fingerprint density at radius 1 is 1.18 bits per heavy atom. The summed E-state index contributed by atoms with van der Waals surface area (Å²) < 4.78 is 10.3. The molecule has 0 bridgehead atoms. The van der Waals surface area contributed by atoms with E-state index in [1.54, 1.807) is 43.8 Å². The van der Waals surface area contributed by atoms with Crippen LogP contribution >= 0.6 is 0 Å². The van der Waals surface area contributed by atoms with Crippen molar-refractivity contribution >= 4 is 5.78 Å². The molecular weight excluding hydrogens is 218 g/mol. The van der Waals surface area contributed by atoms with Crippen LogP contribution < -0.4 is 9.47 Å². The average Bonchev–Trinajstić information content (AvgIpc) is 2.91. The lowest BCUT2D eigenvalue weighted by Gasteiger charge is -2.08. The first-order chi connectivity index (χ1) is 8.26. The van der Waals surface area contributed by atoms with E-state index in [1.165, 1.54) is 7.11 Å². The Kier molecular flexibility index (Phi) is 3.14. The van der Waals surface area contributed by atoms with Gasteiger partial charge in [-0.05, 0) is 24.3 Å². The zero-order chi connectivity index (χ0) is 12.3. The zero-order valence-electron chi connectivity index (χ0n) is 9.69. The van der Waals surface area contributed by atoms with Crippen molar-refractivity contribution in [1.29, 1.82) is 0 Å². The molecule has 0 fully saturated rings. The summed E-state index contributed by atoms with van der Waals surface area (Å²) in [6, 6.07) is 6.88. The fourth-order valence-electron chi connectivity index (χ4n) is 1.61. The minimum Gasteiger partial charge on any atom is -0.497 e. The molecule has 1 N–H and O–H groups in total. The summed E-state index contributed by atoms with van der Waals surface area (Å²) in [6.07, 6.45) is 3.36. The van der Waals surface area contributed by atoms with Gasteiger partial charge in [0.25, 0.3) is 0 Å². The molecule has 0 aliphatic rings. The van der Waals surface area contributed by atoms with E-state index in [9.17, 15) is 4.79 Å². The number of carbonyl (C=O) groups excluding carboxylic acids is 1. The molecule has 88 valence electrons. The maximum absolute atomic E-state index is 12.2. The Morgan fingerprint density at radius 3 is 2.59 bits per heavy atom. The van der Waals surface area contributed by atoms with Crippen molar-refractivity contribution in [2.24, 2.45) is 0 Å². The standard InChI is InChI=1S/C13H13NO3/c1-16-10-3-4-12(17-2)11(7-10)13(15)9-5-6-14-8-9/h3-8,14H,1-2H3. The second kappa shape index (κ2) is 4.74. The van der Waals surface area contributed by atoms with E-state index < -0.39 is 0 Å². The van der Waals surface area contributed by atoms with Crippen LogP contribution in [0.3, 0.4) is 0 Å². The lowest BCUT2D eigenvalue weighted by molar-refractivity contribution is 0.103. The highest BCUT2D eigenvalue weighted by molar-refractivity contribution is 6.10. The molecule has 0 saturated carbocycles. The van der Waals surface area contributed by atoms with Gasteiger partial charge in [-0.1, -0.05) is 0 Å². The number of ether oxygens (including phenoxy) is 2. The Balaban J connectivity index is 2.45. The number of H-pyrrole nitrogens is 1. The lowest BCUT2D eigenvalue weighted by atomic mass is 10.0. The topological polar surface area (TPSA) is 51.3 Å². The highest BCUT2D eigenvalue weighted by Gasteiger charge is 2.15. The number of rotatable bonds is 4. The largest absolute Gasteiger partial charge is 0.497 e. The number of benzene rings is 1. The number of methoxy groups -OCH3 is 2. The molecule has 0 saturated heterocycles. The van der Waals surface area contributed by atoms with Crippen molar-refractivity contribution in [3.63, 3.8) is 0 Å². The summed E-state index contributed by atoms with van der Waals surface area (Å²) in [7, 11) is 3.10. The summed E-state index contributed by atoms with van der Waals surface area (Å²) in [5.74, 6) is 1.07. The van der Waals surface area contributed by atoms with Crippen LogP contribution in [0.5, 0.6) is 11.5 Å². The van der Waals surface area contributed by atoms with E-state index in [4.69, 9.17) is 9.47 Å². The third-order valence-electron chi connectivity index (χ3n) is 2.51. The molecule has 0 spiro atoms. The van der Waals surface area contributed by atoms with Gasteiger partial charge in [-0.3, -0.25) is 4.79 Å². The van der Waals surface area contributed by atoms with E-state index in [0.29, 0.717) is 22.6 Å². The molecule has 4 nitrogen and oxygen atoms in total. The van der Waals surface area contributed by atoms with Gasteiger partial charge in [-0.2, -0.15) is 0 Å². The predicted octanol–water partition coefficient (Wildman–Crippen LogP) is 2.26. The molecule has 0 radical (unpaired) electrons. The van der Waals surface area contributed by atoms with Crippen molar-refractivity contribution in [3.05, 3.63) is 47.8 Å². The number of hydrogen-bond acceptors (Lipinski definition) is 3. The molecule has 4 heteroatoms. The SMILES string of the molecule is COc1ccc(OC)c(C(=O)c2cc[nH]c2)c1. The summed E-state index contributed by atoms with van der Waals surface area (Å²) in [4.78, 5) is 15.1. The van der Waals surface area contributed by atoms with Crippen LogP contribution in [0.2, 0.25) is 0 Å². The normalized spacial score (nSPS) is 10.0. The van der Waals surface area contributed by atoms with Gasteiger partial charge in [0.15, 0.2) is 5.78 Å². The predicted molar refractivity (Wildman–Crippen MR) is 63.8 cm³/mol. The van der Waals surface area contributed by atoms with Crippen LogP contribution in [0.1, 0.15) is 15.9 Å². The van der Waals surface area contributed by atoms with Crippen molar-refractivity contribution in [2.45, 2.75) is 0 Å². The third-order valence-corrected chi connectivity index (χ3v) is 2.51. The van der Waals surface area contributed by atoms with Crippen molar-refractivity contribution in [1.82, 2.24) is 4.98 Å². The van der Waals surface area contributed by atoms with Crippen LogP contribution in [-0.4, -0.2) is 25.0 Å². The van der Waals surface area contributed by atoms with Gasteiger partial charge in [0.05, 0.1) is 19.8 Å². The molecule has 0 aliphatic heterocycles. The van der Waals surface area contributed by atoms with Crippen molar-refractivity contribution < 1.29 is 14.3 Å². The number of ketones is 1. The van der Waals surface area contributed by atoms with Gasteiger partial charge in [0.1, 0.15) is 11.5 Å². The molecule has 0 amide bonds. The van der Waals surface area contributed by atoms with E-state index in [1.807, 2.05) is 0 Å². The number of aromatic nitrogens is 1. The highest BCUT2D eigenvalue weighted by Crippen LogP contribution is 2.26. The molecular formula is C13H13NO3. The Bertz CT molecular complexity index is 517. The maximum Gasteiger partial charge on any atom is 0.198 e. The first kappa shape index (κ1) is 11.3. The second-order valence-electron chi connectivity index (χ2n) is 3.50.